The molecule has 1 aromatic carbocycles. The molecule has 7 heteroatoms. The minimum Gasteiger partial charge on any atom is -0.366 e. The van der Waals surface area contributed by atoms with E-state index in [0.717, 1.165) is 12.4 Å². The highest BCUT2D eigenvalue weighted by molar-refractivity contribution is 7.91. The number of benzene rings is 1. The van der Waals surface area contributed by atoms with Crippen LogP contribution in [0.3, 0.4) is 0 Å². The lowest BCUT2D eigenvalue weighted by molar-refractivity contribution is 0.602. The largest absolute Gasteiger partial charge is 0.366 e. The number of nitrogens with one attached hydrogen (secondary N) is 1. The summed E-state index contributed by atoms with van der Waals surface area (Å²) in [5.41, 5.74) is 1.21. The number of aromatic nitrogens is 2. The summed E-state index contributed by atoms with van der Waals surface area (Å²) in [5, 5.41) is 3.24. The van der Waals surface area contributed by atoms with Crippen LogP contribution in [0.5, 0.6) is 0 Å². The molecule has 1 N–H and O–H groups in total. The van der Waals surface area contributed by atoms with Gasteiger partial charge < -0.3 is 10.2 Å². The second kappa shape index (κ2) is 7.39. The van der Waals surface area contributed by atoms with E-state index in [1.807, 2.05) is 24.3 Å². The van der Waals surface area contributed by atoms with Gasteiger partial charge in [-0.2, -0.15) is 0 Å². The molecule has 1 unspecified atom stereocenters. The SMILES string of the molecule is CC(C)N(Cc1ccccc1)c1cc(NC2CCS(=O)(=O)C2)ncn1. The summed E-state index contributed by atoms with van der Waals surface area (Å²) < 4.78 is 23.2. The second-order valence-corrected chi connectivity index (χ2v) is 8.94. The van der Waals surface area contributed by atoms with Gasteiger partial charge in [0, 0.05) is 24.7 Å². The standard InChI is InChI=1S/C18H24N4O2S/c1-14(2)22(11-15-6-4-3-5-7-15)18-10-17(19-13-20-18)21-16-8-9-25(23,24)12-16/h3-7,10,13-14,16H,8-9,11-12H2,1-2H3,(H,19,20,21). The zero-order valence-electron chi connectivity index (χ0n) is 14.6. The predicted octanol–water partition coefficient (Wildman–Crippen LogP) is 2.49. The Morgan fingerprint density at radius 1 is 1.24 bits per heavy atom. The Hall–Kier alpha value is -2.15. The van der Waals surface area contributed by atoms with Gasteiger partial charge >= 0.3 is 0 Å². The summed E-state index contributed by atoms with van der Waals surface area (Å²) in [5.74, 6) is 1.92. The maximum Gasteiger partial charge on any atom is 0.152 e. The molecule has 0 aliphatic carbocycles. The molecule has 2 heterocycles. The van der Waals surface area contributed by atoms with Crippen molar-refractivity contribution in [3.05, 3.63) is 48.3 Å². The molecule has 1 aliphatic rings. The second-order valence-electron chi connectivity index (χ2n) is 6.71. The number of nitrogens with zero attached hydrogens (tertiary/aromatic N) is 3. The summed E-state index contributed by atoms with van der Waals surface area (Å²) >= 11 is 0. The van der Waals surface area contributed by atoms with E-state index in [9.17, 15) is 8.42 Å². The highest BCUT2D eigenvalue weighted by Crippen LogP contribution is 2.22. The van der Waals surface area contributed by atoms with E-state index in [1.165, 1.54) is 11.9 Å². The molecule has 2 aromatic rings. The topological polar surface area (TPSA) is 75.2 Å². The van der Waals surface area contributed by atoms with Gasteiger partial charge in [-0.05, 0) is 25.8 Å². The fourth-order valence-corrected chi connectivity index (χ4v) is 4.68. The molecule has 1 fully saturated rings. The maximum absolute atomic E-state index is 11.6. The number of hydrogen-bond acceptors (Lipinski definition) is 6. The summed E-state index contributed by atoms with van der Waals surface area (Å²) in [6.07, 6.45) is 2.15. The fourth-order valence-electron chi connectivity index (χ4n) is 3.01. The van der Waals surface area contributed by atoms with Gasteiger partial charge in [0.05, 0.1) is 11.5 Å². The first-order valence-corrected chi connectivity index (χ1v) is 10.3. The van der Waals surface area contributed by atoms with E-state index in [-0.39, 0.29) is 23.6 Å². The lowest BCUT2D eigenvalue weighted by Gasteiger charge is -2.28. The third-order valence-electron chi connectivity index (χ3n) is 4.35. The van der Waals surface area contributed by atoms with Crippen LogP contribution in [0.2, 0.25) is 0 Å². The first-order chi connectivity index (χ1) is 11.9. The van der Waals surface area contributed by atoms with Crippen LogP contribution in [0.4, 0.5) is 11.6 Å². The van der Waals surface area contributed by atoms with Crippen molar-refractivity contribution in [2.75, 3.05) is 21.7 Å². The zero-order chi connectivity index (χ0) is 17.9. The molecule has 0 spiro atoms. The van der Waals surface area contributed by atoms with Gasteiger partial charge in [0.2, 0.25) is 0 Å². The van der Waals surface area contributed by atoms with E-state index < -0.39 is 9.84 Å². The zero-order valence-corrected chi connectivity index (χ0v) is 15.4. The molecule has 0 radical (unpaired) electrons. The number of hydrogen-bond donors (Lipinski definition) is 1. The average Bonchev–Trinajstić information content (AvgIpc) is 2.92. The molecular formula is C18H24N4O2S. The van der Waals surface area contributed by atoms with Gasteiger partial charge in [0.1, 0.15) is 18.0 Å². The van der Waals surface area contributed by atoms with Gasteiger partial charge in [-0.25, -0.2) is 18.4 Å². The van der Waals surface area contributed by atoms with Crippen molar-refractivity contribution in [3.8, 4) is 0 Å². The van der Waals surface area contributed by atoms with E-state index >= 15 is 0 Å². The summed E-state index contributed by atoms with van der Waals surface area (Å²) in [7, 11) is -2.91. The van der Waals surface area contributed by atoms with E-state index in [1.54, 1.807) is 0 Å². The Bertz CT molecular complexity index is 809. The Morgan fingerprint density at radius 2 is 2.00 bits per heavy atom. The van der Waals surface area contributed by atoms with Crippen LogP contribution in [-0.4, -0.2) is 42.0 Å². The lowest BCUT2D eigenvalue weighted by atomic mass is 10.2. The minimum atomic E-state index is -2.91. The summed E-state index contributed by atoms with van der Waals surface area (Å²) in [4.78, 5) is 10.9. The monoisotopic (exact) mass is 360 g/mol. The highest BCUT2D eigenvalue weighted by atomic mass is 32.2. The molecule has 1 atom stereocenters. The molecule has 134 valence electrons. The molecule has 25 heavy (non-hydrogen) atoms. The van der Waals surface area contributed by atoms with Crippen LogP contribution < -0.4 is 10.2 Å². The molecular weight excluding hydrogens is 336 g/mol. The maximum atomic E-state index is 11.6. The molecule has 6 nitrogen and oxygen atoms in total. The lowest BCUT2D eigenvalue weighted by Crippen LogP contribution is -2.31. The third-order valence-corrected chi connectivity index (χ3v) is 6.12. The van der Waals surface area contributed by atoms with Gasteiger partial charge in [-0.3, -0.25) is 0 Å². The molecule has 0 saturated carbocycles. The van der Waals surface area contributed by atoms with Crippen LogP contribution in [0.1, 0.15) is 25.8 Å². The van der Waals surface area contributed by atoms with E-state index in [0.29, 0.717) is 12.2 Å². The van der Waals surface area contributed by atoms with Crippen LogP contribution in [0.25, 0.3) is 0 Å². The summed E-state index contributed by atoms with van der Waals surface area (Å²) in [6, 6.07) is 12.4. The fraction of sp³-hybridized carbons (Fsp3) is 0.444. The van der Waals surface area contributed by atoms with Crippen molar-refractivity contribution in [2.24, 2.45) is 0 Å². The molecule has 1 aromatic heterocycles. The quantitative estimate of drug-likeness (QED) is 0.853. The first kappa shape index (κ1) is 17.7. The third kappa shape index (κ3) is 4.69. The smallest absolute Gasteiger partial charge is 0.152 e. The van der Waals surface area contributed by atoms with Crippen LogP contribution in [0, 0.1) is 0 Å². The molecule has 1 saturated heterocycles. The Labute approximate surface area is 149 Å². The normalized spacial score (nSPS) is 19.1. The van der Waals surface area contributed by atoms with Crippen molar-refractivity contribution < 1.29 is 8.42 Å². The van der Waals surface area contributed by atoms with Crippen LogP contribution in [0.15, 0.2) is 42.7 Å². The Balaban J connectivity index is 1.76. The van der Waals surface area contributed by atoms with Gasteiger partial charge in [0.25, 0.3) is 0 Å². The number of rotatable bonds is 6. The van der Waals surface area contributed by atoms with Gasteiger partial charge in [-0.15, -0.1) is 0 Å². The predicted molar refractivity (Wildman–Crippen MR) is 100 cm³/mol. The van der Waals surface area contributed by atoms with Crippen LogP contribution in [-0.2, 0) is 16.4 Å². The number of anilines is 2. The minimum absolute atomic E-state index is 0.0747. The molecule has 0 amide bonds. The van der Waals surface area contributed by atoms with Gasteiger partial charge in [-0.1, -0.05) is 30.3 Å². The Morgan fingerprint density at radius 3 is 2.64 bits per heavy atom. The van der Waals surface area contributed by atoms with E-state index in [4.69, 9.17) is 0 Å². The van der Waals surface area contributed by atoms with Crippen molar-refractivity contribution in [3.63, 3.8) is 0 Å². The van der Waals surface area contributed by atoms with Crippen molar-refractivity contribution >= 4 is 21.5 Å². The number of sulfone groups is 1. The summed E-state index contributed by atoms with van der Waals surface area (Å²) in [6.45, 7) is 5.01. The first-order valence-electron chi connectivity index (χ1n) is 8.52. The van der Waals surface area contributed by atoms with Crippen molar-refractivity contribution in [2.45, 2.75) is 38.9 Å². The highest BCUT2D eigenvalue weighted by Gasteiger charge is 2.28. The van der Waals surface area contributed by atoms with Crippen molar-refractivity contribution in [1.82, 2.24) is 9.97 Å². The van der Waals surface area contributed by atoms with Crippen LogP contribution >= 0.6 is 0 Å². The van der Waals surface area contributed by atoms with E-state index in [2.05, 4.69) is 46.2 Å². The van der Waals surface area contributed by atoms with Gasteiger partial charge in [0.15, 0.2) is 9.84 Å². The van der Waals surface area contributed by atoms with Crippen molar-refractivity contribution in [1.29, 1.82) is 0 Å². The molecule has 3 rings (SSSR count). The molecule has 0 bridgehead atoms. The molecule has 1 aliphatic heterocycles. The average molecular weight is 360 g/mol. The Kier molecular flexibility index (Phi) is 5.22.